The number of hydrogen-bond acceptors (Lipinski definition) is 3. The van der Waals surface area contributed by atoms with E-state index in [0.717, 1.165) is 16.9 Å². The number of amides is 2. The van der Waals surface area contributed by atoms with Crippen LogP contribution in [-0.2, 0) is 11.3 Å². The van der Waals surface area contributed by atoms with Gasteiger partial charge in [-0.2, -0.15) is 0 Å². The molecule has 0 saturated heterocycles. The van der Waals surface area contributed by atoms with E-state index in [2.05, 4.69) is 16.0 Å². The molecule has 0 fully saturated rings. The molecule has 0 bridgehead atoms. The summed E-state index contributed by atoms with van der Waals surface area (Å²) in [5.74, 6) is -0.452. The highest BCUT2D eigenvalue weighted by molar-refractivity contribution is 6.00. The van der Waals surface area contributed by atoms with Crippen molar-refractivity contribution < 1.29 is 14.3 Å². The van der Waals surface area contributed by atoms with Gasteiger partial charge in [0.1, 0.15) is 0 Å². The Kier molecular flexibility index (Phi) is 5.08. The molecule has 2 heterocycles. The highest BCUT2D eigenvalue weighted by Gasteiger charge is 2.29. The number of carbonyl (C=O) groups is 2. The van der Waals surface area contributed by atoms with Crippen LogP contribution in [0.2, 0.25) is 0 Å². The number of nitrogens with zero attached hydrogens (tertiary/aromatic N) is 2. The van der Waals surface area contributed by atoms with Crippen molar-refractivity contribution in [3.05, 3.63) is 83.7 Å². The van der Waals surface area contributed by atoms with Crippen LogP contribution in [0.1, 0.15) is 41.5 Å². The van der Waals surface area contributed by atoms with Gasteiger partial charge in [-0.1, -0.05) is 30.3 Å². The molecule has 6 nitrogen and oxygen atoms in total. The maximum Gasteiger partial charge on any atom is 0.340 e. The Labute approximate surface area is 169 Å². The van der Waals surface area contributed by atoms with Crippen LogP contribution >= 0.6 is 0 Å². The molecule has 6 heteroatoms. The van der Waals surface area contributed by atoms with Crippen molar-refractivity contribution in [2.75, 3.05) is 11.9 Å². The molecule has 1 N–H and O–H groups in total. The Bertz CT molecular complexity index is 1060. The largest absolute Gasteiger partial charge is 0.462 e. The van der Waals surface area contributed by atoms with Crippen molar-refractivity contribution >= 4 is 17.7 Å². The molecule has 0 spiro atoms. The Morgan fingerprint density at radius 2 is 1.83 bits per heavy atom. The molecule has 1 aliphatic rings. The molecule has 148 valence electrons. The summed E-state index contributed by atoms with van der Waals surface area (Å²) >= 11 is 0. The first-order valence-corrected chi connectivity index (χ1v) is 9.69. The van der Waals surface area contributed by atoms with Crippen LogP contribution in [0.3, 0.4) is 0 Å². The smallest absolute Gasteiger partial charge is 0.340 e. The number of nitrogens with one attached hydrogen (secondary N) is 1. The second kappa shape index (κ2) is 7.83. The van der Waals surface area contributed by atoms with E-state index in [1.165, 1.54) is 0 Å². The van der Waals surface area contributed by atoms with Gasteiger partial charge in [0, 0.05) is 11.9 Å². The minimum absolute atomic E-state index is 0.146. The predicted octanol–water partition coefficient (Wildman–Crippen LogP) is 4.76. The van der Waals surface area contributed by atoms with E-state index < -0.39 is 5.97 Å². The van der Waals surface area contributed by atoms with Gasteiger partial charge < -0.3 is 19.5 Å². The van der Waals surface area contributed by atoms with E-state index in [-0.39, 0.29) is 18.7 Å². The molecular weight excluding hydrogens is 366 g/mol. The van der Waals surface area contributed by atoms with Crippen LogP contribution in [0.25, 0.3) is 5.69 Å². The van der Waals surface area contributed by atoms with Crippen LogP contribution in [0.15, 0.2) is 66.9 Å². The van der Waals surface area contributed by atoms with E-state index in [1.54, 1.807) is 36.1 Å². The van der Waals surface area contributed by atoms with Gasteiger partial charge in [-0.3, -0.25) is 0 Å². The first-order chi connectivity index (χ1) is 14.1. The molecule has 2 aromatic carbocycles. The molecule has 1 aliphatic heterocycles. The van der Waals surface area contributed by atoms with E-state index in [4.69, 9.17) is 4.74 Å². The van der Waals surface area contributed by atoms with Gasteiger partial charge in [-0.25, -0.2) is 9.59 Å². The number of carbonyl (C=O) groups excluding carboxylic acids is 2. The third kappa shape index (κ3) is 3.49. The molecule has 4 rings (SSSR count). The summed E-state index contributed by atoms with van der Waals surface area (Å²) in [5, 5.41) is 2.91. The Morgan fingerprint density at radius 3 is 2.66 bits per heavy atom. The van der Waals surface area contributed by atoms with Crippen LogP contribution in [0.4, 0.5) is 10.5 Å². The Hall–Kier alpha value is -3.54. The number of ether oxygens (including phenoxy) is 1. The van der Waals surface area contributed by atoms with Gasteiger partial charge >= 0.3 is 12.0 Å². The zero-order chi connectivity index (χ0) is 20.4. The molecule has 2 amide bonds. The van der Waals surface area contributed by atoms with Crippen molar-refractivity contribution in [3.8, 4) is 5.69 Å². The lowest BCUT2D eigenvalue weighted by atomic mass is 10.1. The topological polar surface area (TPSA) is 63.6 Å². The van der Waals surface area contributed by atoms with Crippen LogP contribution in [0.5, 0.6) is 0 Å². The third-order valence-corrected chi connectivity index (χ3v) is 5.19. The predicted molar refractivity (Wildman–Crippen MR) is 111 cm³/mol. The van der Waals surface area contributed by atoms with Crippen LogP contribution in [0, 0.1) is 0 Å². The maximum atomic E-state index is 13.3. The van der Waals surface area contributed by atoms with Gasteiger partial charge in [0.15, 0.2) is 0 Å². The fraction of sp³-hybridized carbons (Fsp3) is 0.217. The Balaban J connectivity index is 1.66. The first kappa shape index (κ1) is 18.8. The average Bonchev–Trinajstić information content (AvgIpc) is 3.18. The van der Waals surface area contributed by atoms with E-state index >= 15 is 0 Å². The van der Waals surface area contributed by atoms with Crippen LogP contribution < -0.4 is 5.32 Å². The number of esters is 1. The second-order valence-electron chi connectivity index (χ2n) is 6.93. The summed E-state index contributed by atoms with van der Waals surface area (Å²) in [7, 11) is 0. The highest BCUT2D eigenvalue weighted by Crippen LogP contribution is 2.32. The zero-order valence-corrected chi connectivity index (χ0v) is 16.5. The molecule has 3 aromatic rings. The molecule has 0 saturated carbocycles. The number of benzene rings is 2. The molecule has 0 unspecified atom stereocenters. The number of rotatable bonds is 3. The van der Waals surface area contributed by atoms with E-state index in [0.29, 0.717) is 17.8 Å². The molecule has 1 aromatic heterocycles. The quantitative estimate of drug-likeness (QED) is 0.657. The van der Waals surface area contributed by atoms with Crippen molar-refractivity contribution in [3.63, 3.8) is 0 Å². The third-order valence-electron chi connectivity index (χ3n) is 5.19. The normalized spacial score (nSPS) is 15.1. The summed E-state index contributed by atoms with van der Waals surface area (Å²) in [4.78, 5) is 27.3. The number of para-hydroxylation sites is 2. The molecule has 29 heavy (non-hydrogen) atoms. The maximum absolute atomic E-state index is 13.3. The standard InChI is InChI=1S/C23H23N3O3/c1-3-29-22(27)18-10-5-6-11-19(18)24-23(28)26-15-17-9-4-7-12-21(17)25-14-8-13-20(25)16(26)2/h4-14,16H,3,15H2,1-2H3,(H,24,28)/t16-/m1/s1. The van der Waals surface area contributed by atoms with Gasteiger partial charge in [-0.15, -0.1) is 0 Å². The number of fused-ring (bicyclic) bond motifs is 3. The fourth-order valence-corrected chi connectivity index (χ4v) is 3.73. The number of hydrogen-bond donors (Lipinski definition) is 1. The summed E-state index contributed by atoms with van der Waals surface area (Å²) in [6.07, 6.45) is 2.02. The average molecular weight is 389 g/mol. The van der Waals surface area contributed by atoms with Crippen molar-refractivity contribution in [1.82, 2.24) is 9.47 Å². The zero-order valence-electron chi connectivity index (χ0n) is 16.5. The fourth-order valence-electron chi connectivity index (χ4n) is 3.73. The highest BCUT2D eigenvalue weighted by atomic mass is 16.5. The second-order valence-corrected chi connectivity index (χ2v) is 6.93. The van der Waals surface area contributed by atoms with Crippen molar-refractivity contribution in [1.29, 1.82) is 0 Å². The van der Waals surface area contributed by atoms with Crippen molar-refractivity contribution in [2.45, 2.75) is 26.4 Å². The van der Waals surface area contributed by atoms with Gasteiger partial charge in [-0.05, 0) is 49.7 Å². The lowest BCUT2D eigenvalue weighted by Gasteiger charge is -2.28. The van der Waals surface area contributed by atoms with Gasteiger partial charge in [0.2, 0.25) is 0 Å². The lowest BCUT2D eigenvalue weighted by molar-refractivity contribution is 0.0527. The summed E-state index contributed by atoms with van der Waals surface area (Å²) < 4.78 is 7.24. The molecule has 0 radical (unpaired) electrons. The monoisotopic (exact) mass is 389 g/mol. The van der Waals surface area contributed by atoms with Crippen molar-refractivity contribution in [2.24, 2.45) is 0 Å². The lowest BCUT2D eigenvalue weighted by Crippen LogP contribution is -2.36. The summed E-state index contributed by atoms with van der Waals surface area (Å²) in [6, 6.07) is 18.6. The van der Waals surface area contributed by atoms with E-state index in [9.17, 15) is 9.59 Å². The van der Waals surface area contributed by atoms with Gasteiger partial charge in [0.05, 0.1) is 36.1 Å². The molecular formula is C23H23N3O3. The Morgan fingerprint density at radius 1 is 1.07 bits per heavy atom. The SMILES string of the molecule is CCOC(=O)c1ccccc1NC(=O)N1Cc2ccccc2-n2cccc2[C@H]1C. The van der Waals surface area contributed by atoms with E-state index in [1.807, 2.05) is 43.5 Å². The summed E-state index contributed by atoms with van der Waals surface area (Å²) in [6.45, 7) is 4.50. The number of aromatic nitrogens is 1. The minimum Gasteiger partial charge on any atom is -0.462 e. The van der Waals surface area contributed by atoms with Crippen LogP contribution in [-0.4, -0.2) is 28.1 Å². The van der Waals surface area contributed by atoms with Gasteiger partial charge in [0.25, 0.3) is 0 Å². The number of anilines is 1. The summed E-state index contributed by atoms with van der Waals surface area (Å²) in [5.41, 5.74) is 3.94. The molecule has 1 atom stereocenters. The number of urea groups is 1. The first-order valence-electron chi connectivity index (χ1n) is 9.69. The minimum atomic E-state index is -0.452. The molecule has 0 aliphatic carbocycles.